The first-order valence-electron chi connectivity index (χ1n) is 10.5. The molecule has 2 fully saturated rings. The van der Waals surface area contributed by atoms with Crippen LogP contribution in [0.3, 0.4) is 0 Å². The average molecular weight is 313 g/mol. The average Bonchev–Trinajstić information content (AvgIpc) is 2.64. The van der Waals surface area contributed by atoms with E-state index in [1.807, 2.05) is 0 Å². The fourth-order valence-electron chi connectivity index (χ4n) is 5.14. The Labute approximate surface area is 144 Å². The molecule has 0 heteroatoms. The number of hydrogen-bond donors (Lipinski definition) is 0. The summed E-state index contributed by atoms with van der Waals surface area (Å²) in [6, 6.07) is 11.0. The molecule has 0 saturated heterocycles. The molecule has 23 heavy (non-hydrogen) atoms. The van der Waals surface area contributed by atoms with Crippen molar-refractivity contribution < 1.29 is 0 Å². The van der Waals surface area contributed by atoms with Crippen LogP contribution < -0.4 is 0 Å². The zero-order chi connectivity index (χ0) is 15.7. The van der Waals surface area contributed by atoms with Gasteiger partial charge in [-0.25, -0.2) is 0 Å². The summed E-state index contributed by atoms with van der Waals surface area (Å²) in [4.78, 5) is 0. The van der Waals surface area contributed by atoms with Crippen molar-refractivity contribution >= 4 is 0 Å². The Bertz CT molecular complexity index is 407. The monoisotopic (exact) mass is 312 g/mol. The Hall–Kier alpha value is -0.780. The molecule has 2 aliphatic rings. The highest BCUT2D eigenvalue weighted by Crippen LogP contribution is 2.41. The molecule has 0 N–H and O–H groups in total. The van der Waals surface area contributed by atoms with Gasteiger partial charge in [-0.05, 0) is 49.0 Å². The van der Waals surface area contributed by atoms with Crippen molar-refractivity contribution in [2.75, 3.05) is 0 Å². The van der Waals surface area contributed by atoms with Crippen LogP contribution in [0.2, 0.25) is 0 Å². The number of rotatable bonds is 7. The summed E-state index contributed by atoms with van der Waals surface area (Å²) >= 11 is 0. The third kappa shape index (κ3) is 5.66. The summed E-state index contributed by atoms with van der Waals surface area (Å²) in [5.74, 6) is 3.27. The number of benzene rings is 1. The summed E-state index contributed by atoms with van der Waals surface area (Å²) < 4.78 is 0. The van der Waals surface area contributed by atoms with Gasteiger partial charge in [0, 0.05) is 0 Å². The van der Waals surface area contributed by atoms with E-state index >= 15 is 0 Å². The van der Waals surface area contributed by atoms with Crippen molar-refractivity contribution in [2.24, 2.45) is 17.8 Å². The maximum absolute atomic E-state index is 2.27. The molecule has 0 bridgehead atoms. The highest BCUT2D eigenvalue weighted by molar-refractivity contribution is 5.14. The molecule has 0 aliphatic heterocycles. The van der Waals surface area contributed by atoms with Crippen molar-refractivity contribution in [3.05, 3.63) is 35.9 Å². The lowest BCUT2D eigenvalue weighted by atomic mass is 9.70. The molecule has 1 aromatic carbocycles. The van der Waals surface area contributed by atoms with Gasteiger partial charge < -0.3 is 0 Å². The minimum absolute atomic E-state index is 1.06. The summed E-state index contributed by atoms with van der Waals surface area (Å²) in [5, 5.41) is 0. The Morgan fingerprint density at radius 2 is 1.35 bits per heavy atom. The second-order valence-corrected chi connectivity index (χ2v) is 8.26. The normalized spacial score (nSPS) is 26.3. The molecule has 0 atom stereocenters. The SMILES string of the molecule is c1ccc(CCCCCC2CCC(C3CCCCC3)CC2)cc1. The maximum Gasteiger partial charge on any atom is -0.0279 e. The van der Waals surface area contributed by atoms with E-state index in [0.717, 1.165) is 17.8 Å². The molecule has 0 unspecified atom stereocenters. The third-order valence-corrected chi connectivity index (χ3v) is 6.63. The molecule has 2 saturated carbocycles. The van der Waals surface area contributed by atoms with Crippen molar-refractivity contribution in [1.82, 2.24) is 0 Å². The van der Waals surface area contributed by atoms with Crippen LogP contribution >= 0.6 is 0 Å². The standard InChI is InChI=1S/C23H36/c1-4-10-20(11-5-1)12-6-2-7-13-21-16-18-23(19-17-21)22-14-8-3-9-15-22/h1,4-5,10-11,21-23H,2-3,6-9,12-19H2. The van der Waals surface area contributed by atoms with E-state index in [-0.39, 0.29) is 0 Å². The fourth-order valence-corrected chi connectivity index (χ4v) is 5.14. The van der Waals surface area contributed by atoms with Crippen LogP contribution in [0.4, 0.5) is 0 Å². The summed E-state index contributed by atoms with van der Waals surface area (Å²) in [7, 11) is 0. The minimum atomic E-state index is 1.06. The third-order valence-electron chi connectivity index (χ3n) is 6.63. The van der Waals surface area contributed by atoms with E-state index < -0.39 is 0 Å². The number of aryl methyl sites for hydroxylation is 1. The van der Waals surface area contributed by atoms with Gasteiger partial charge in [-0.1, -0.05) is 94.5 Å². The highest BCUT2D eigenvalue weighted by Gasteiger charge is 2.28. The molecule has 0 aromatic heterocycles. The first kappa shape index (κ1) is 17.1. The van der Waals surface area contributed by atoms with Crippen LogP contribution in [0.15, 0.2) is 30.3 Å². The highest BCUT2D eigenvalue weighted by atomic mass is 14.3. The van der Waals surface area contributed by atoms with Gasteiger partial charge >= 0.3 is 0 Å². The van der Waals surface area contributed by atoms with E-state index in [4.69, 9.17) is 0 Å². The lowest BCUT2D eigenvalue weighted by Gasteiger charge is -2.36. The molecule has 0 spiro atoms. The van der Waals surface area contributed by atoms with Crippen LogP contribution in [-0.2, 0) is 6.42 Å². The first-order valence-corrected chi connectivity index (χ1v) is 10.5. The molecule has 3 rings (SSSR count). The van der Waals surface area contributed by atoms with Crippen LogP contribution in [-0.4, -0.2) is 0 Å². The predicted molar refractivity (Wildman–Crippen MR) is 101 cm³/mol. The van der Waals surface area contributed by atoms with Crippen molar-refractivity contribution in [3.8, 4) is 0 Å². The largest absolute Gasteiger partial charge is 0.0622 e. The molecule has 0 heterocycles. The summed E-state index contributed by atoms with van der Waals surface area (Å²) in [5.41, 5.74) is 1.51. The molecular weight excluding hydrogens is 276 g/mol. The molecule has 0 nitrogen and oxygen atoms in total. The minimum Gasteiger partial charge on any atom is -0.0622 e. The fraction of sp³-hybridized carbons (Fsp3) is 0.739. The van der Waals surface area contributed by atoms with Crippen LogP contribution in [0.25, 0.3) is 0 Å². The molecule has 2 aliphatic carbocycles. The lowest BCUT2D eigenvalue weighted by molar-refractivity contribution is 0.162. The predicted octanol–water partition coefficient (Wildman–Crippen LogP) is 7.18. The van der Waals surface area contributed by atoms with Gasteiger partial charge in [-0.15, -0.1) is 0 Å². The van der Waals surface area contributed by atoms with Gasteiger partial charge in [0.15, 0.2) is 0 Å². The Kier molecular flexibility index (Phi) is 7.04. The molecule has 128 valence electrons. The van der Waals surface area contributed by atoms with Gasteiger partial charge in [-0.2, -0.15) is 0 Å². The Balaban J connectivity index is 1.25. The molecule has 0 radical (unpaired) electrons. The first-order chi connectivity index (χ1) is 11.4. The number of hydrogen-bond acceptors (Lipinski definition) is 0. The van der Waals surface area contributed by atoms with Crippen molar-refractivity contribution in [2.45, 2.75) is 89.9 Å². The van der Waals surface area contributed by atoms with E-state index in [9.17, 15) is 0 Å². The lowest BCUT2D eigenvalue weighted by Crippen LogP contribution is -2.23. The van der Waals surface area contributed by atoms with Gasteiger partial charge in [-0.3, -0.25) is 0 Å². The summed E-state index contributed by atoms with van der Waals surface area (Å²) in [6.07, 6.45) is 20.9. The van der Waals surface area contributed by atoms with Gasteiger partial charge in [0.2, 0.25) is 0 Å². The quantitative estimate of drug-likeness (QED) is 0.468. The Morgan fingerprint density at radius 1 is 0.652 bits per heavy atom. The smallest absolute Gasteiger partial charge is 0.0279 e. The van der Waals surface area contributed by atoms with Crippen LogP contribution in [0.5, 0.6) is 0 Å². The molecule has 1 aromatic rings. The van der Waals surface area contributed by atoms with E-state index in [0.29, 0.717) is 0 Å². The van der Waals surface area contributed by atoms with Gasteiger partial charge in [0.05, 0.1) is 0 Å². The zero-order valence-corrected chi connectivity index (χ0v) is 15.0. The van der Waals surface area contributed by atoms with Crippen molar-refractivity contribution in [1.29, 1.82) is 0 Å². The maximum atomic E-state index is 2.27. The molecular formula is C23H36. The van der Waals surface area contributed by atoms with E-state index in [1.165, 1.54) is 56.9 Å². The van der Waals surface area contributed by atoms with E-state index in [2.05, 4.69) is 30.3 Å². The van der Waals surface area contributed by atoms with Crippen LogP contribution in [0, 0.1) is 17.8 Å². The summed E-state index contributed by atoms with van der Waals surface area (Å²) in [6.45, 7) is 0. The van der Waals surface area contributed by atoms with Gasteiger partial charge in [0.25, 0.3) is 0 Å². The second kappa shape index (κ2) is 9.50. The number of unbranched alkanes of at least 4 members (excludes halogenated alkanes) is 2. The van der Waals surface area contributed by atoms with Crippen LogP contribution in [0.1, 0.15) is 89.0 Å². The second-order valence-electron chi connectivity index (χ2n) is 8.26. The van der Waals surface area contributed by atoms with E-state index in [1.54, 1.807) is 38.5 Å². The Morgan fingerprint density at radius 3 is 2.09 bits per heavy atom. The van der Waals surface area contributed by atoms with Crippen molar-refractivity contribution in [3.63, 3.8) is 0 Å². The topological polar surface area (TPSA) is 0 Å². The van der Waals surface area contributed by atoms with Gasteiger partial charge in [0.1, 0.15) is 0 Å². The zero-order valence-electron chi connectivity index (χ0n) is 15.0. The molecule has 0 amide bonds.